The van der Waals surface area contributed by atoms with Gasteiger partial charge in [-0.3, -0.25) is 4.79 Å². The van der Waals surface area contributed by atoms with E-state index in [1.54, 1.807) is 0 Å². The van der Waals surface area contributed by atoms with Crippen LogP contribution in [-0.2, 0) is 11.2 Å². The number of nitrogens with zero attached hydrogens (tertiary/aromatic N) is 1. The summed E-state index contributed by atoms with van der Waals surface area (Å²) < 4.78 is 0. The topological polar surface area (TPSA) is 20.3 Å². The Bertz CT molecular complexity index is 458. The van der Waals surface area contributed by atoms with Crippen LogP contribution in [0.15, 0.2) is 11.4 Å². The second-order valence-electron chi connectivity index (χ2n) is 5.40. The third-order valence-corrected chi connectivity index (χ3v) is 5.37. The first-order valence-corrected chi connectivity index (χ1v) is 7.07. The van der Waals surface area contributed by atoms with E-state index in [1.165, 1.54) is 29.8 Å². The Morgan fingerprint density at radius 3 is 3.00 bits per heavy atom. The molecule has 3 aliphatic rings. The summed E-state index contributed by atoms with van der Waals surface area (Å²) in [6.45, 7) is 0.942. The van der Waals surface area contributed by atoms with E-state index in [2.05, 4.69) is 16.3 Å². The maximum Gasteiger partial charge on any atom is 0.233 e. The number of amides is 1. The van der Waals surface area contributed by atoms with Crippen LogP contribution in [-0.4, -0.2) is 12.5 Å². The Hall–Kier alpha value is -0.830. The fourth-order valence-corrected chi connectivity index (χ4v) is 3.89. The molecule has 0 spiro atoms. The third kappa shape index (κ3) is 1.10. The highest BCUT2D eigenvalue weighted by atomic mass is 32.1. The van der Waals surface area contributed by atoms with Crippen molar-refractivity contribution < 1.29 is 4.79 Å². The summed E-state index contributed by atoms with van der Waals surface area (Å²) in [5.41, 5.74) is 1.35. The molecule has 0 N–H and O–H groups in total. The number of rotatable bonds is 1. The Kier molecular flexibility index (Phi) is 1.67. The van der Waals surface area contributed by atoms with E-state index < -0.39 is 0 Å². The van der Waals surface area contributed by atoms with Crippen LogP contribution in [0.25, 0.3) is 0 Å². The van der Waals surface area contributed by atoms with Crippen molar-refractivity contribution in [1.82, 2.24) is 0 Å². The predicted octanol–water partition coefficient (Wildman–Crippen LogP) is 2.83. The van der Waals surface area contributed by atoms with Crippen molar-refractivity contribution in [3.05, 3.63) is 16.3 Å². The number of thiophene rings is 1. The lowest BCUT2D eigenvalue weighted by Gasteiger charge is -2.22. The minimum absolute atomic E-state index is 0.129. The van der Waals surface area contributed by atoms with Crippen molar-refractivity contribution in [3.63, 3.8) is 0 Å². The van der Waals surface area contributed by atoms with Crippen molar-refractivity contribution in [3.8, 4) is 0 Å². The molecule has 0 aromatic carbocycles. The molecule has 0 saturated heterocycles. The zero-order valence-corrected chi connectivity index (χ0v) is 10.1. The van der Waals surface area contributed by atoms with Crippen LogP contribution >= 0.6 is 11.3 Å². The summed E-state index contributed by atoms with van der Waals surface area (Å²) in [5.74, 6) is 1.18. The van der Waals surface area contributed by atoms with Crippen LogP contribution in [0.1, 0.15) is 30.6 Å². The summed E-state index contributed by atoms with van der Waals surface area (Å²) in [6, 6.07) is 2.14. The van der Waals surface area contributed by atoms with Gasteiger partial charge in [-0.15, -0.1) is 11.3 Å². The second-order valence-corrected chi connectivity index (χ2v) is 6.40. The number of hydrogen-bond acceptors (Lipinski definition) is 2. The first-order valence-electron chi connectivity index (χ1n) is 6.20. The summed E-state index contributed by atoms with van der Waals surface area (Å²) in [7, 11) is 0. The molecule has 0 unspecified atom stereocenters. The SMILES string of the molecule is O=C(N1CCCCc2sccc21)C12CC1C2. The lowest BCUT2D eigenvalue weighted by Crippen LogP contribution is -2.34. The van der Waals surface area contributed by atoms with Crippen LogP contribution in [0.4, 0.5) is 5.69 Å². The number of anilines is 1. The molecule has 4 rings (SSSR count). The molecule has 1 aromatic rings. The summed E-state index contributed by atoms with van der Waals surface area (Å²) >= 11 is 1.81. The van der Waals surface area contributed by atoms with Gasteiger partial charge in [0.2, 0.25) is 5.91 Å². The molecule has 1 amide bonds. The fourth-order valence-electron chi connectivity index (χ4n) is 2.97. The first kappa shape index (κ1) is 9.23. The van der Waals surface area contributed by atoms with E-state index in [9.17, 15) is 4.79 Å². The Labute approximate surface area is 99.3 Å². The molecule has 2 nitrogen and oxygen atoms in total. The molecule has 0 bridgehead atoms. The predicted molar refractivity (Wildman–Crippen MR) is 64.8 cm³/mol. The normalized spacial score (nSPS) is 35.0. The zero-order valence-electron chi connectivity index (χ0n) is 9.24. The molecule has 16 heavy (non-hydrogen) atoms. The number of aryl methyl sites for hydroxylation is 1. The molecule has 0 radical (unpaired) electrons. The zero-order chi connectivity index (χ0) is 10.8. The highest BCUT2D eigenvalue weighted by Crippen LogP contribution is 2.76. The maximum atomic E-state index is 12.5. The summed E-state index contributed by atoms with van der Waals surface area (Å²) in [4.78, 5) is 16.0. The maximum absolute atomic E-state index is 12.5. The molecule has 2 saturated carbocycles. The van der Waals surface area contributed by atoms with E-state index in [1.807, 2.05) is 11.3 Å². The van der Waals surface area contributed by atoms with Gasteiger partial charge in [-0.05, 0) is 49.5 Å². The van der Waals surface area contributed by atoms with Gasteiger partial charge in [0.05, 0.1) is 11.1 Å². The fraction of sp³-hybridized carbons (Fsp3) is 0.615. The molecule has 1 aromatic heterocycles. The van der Waals surface area contributed by atoms with Crippen molar-refractivity contribution in [2.75, 3.05) is 11.4 Å². The molecule has 1 aliphatic heterocycles. The Morgan fingerprint density at radius 1 is 1.44 bits per heavy atom. The van der Waals surface area contributed by atoms with Gasteiger partial charge < -0.3 is 4.90 Å². The van der Waals surface area contributed by atoms with Gasteiger partial charge in [0.1, 0.15) is 0 Å². The van der Waals surface area contributed by atoms with E-state index in [-0.39, 0.29) is 5.41 Å². The highest BCUT2D eigenvalue weighted by Gasteiger charge is 2.75. The second kappa shape index (κ2) is 2.89. The van der Waals surface area contributed by atoms with Crippen LogP contribution in [0.3, 0.4) is 0 Å². The highest BCUT2D eigenvalue weighted by molar-refractivity contribution is 7.10. The van der Waals surface area contributed by atoms with Crippen LogP contribution in [0, 0.1) is 11.3 Å². The summed E-state index contributed by atoms with van der Waals surface area (Å²) in [5, 5.41) is 2.13. The molecule has 3 heteroatoms. The lowest BCUT2D eigenvalue weighted by atomic mass is 10.1. The van der Waals surface area contributed by atoms with Crippen molar-refractivity contribution in [2.24, 2.45) is 11.3 Å². The quantitative estimate of drug-likeness (QED) is 0.730. The van der Waals surface area contributed by atoms with Crippen molar-refractivity contribution in [1.29, 1.82) is 0 Å². The van der Waals surface area contributed by atoms with Gasteiger partial charge in [0.15, 0.2) is 0 Å². The molecule has 84 valence electrons. The van der Waals surface area contributed by atoms with E-state index in [0.29, 0.717) is 5.91 Å². The van der Waals surface area contributed by atoms with Crippen LogP contribution < -0.4 is 4.90 Å². The van der Waals surface area contributed by atoms with Gasteiger partial charge in [0.25, 0.3) is 0 Å². The number of fused-ring (bicyclic) bond motifs is 2. The average molecular weight is 233 g/mol. The monoisotopic (exact) mass is 233 g/mol. The number of hydrogen-bond donors (Lipinski definition) is 0. The van der Waals surface area contributed by atoms with Gasteiger partial charge in [-0.2, -0.15) is 0 Å². The third-order valence-electron chi connectivity index (χ3n) is 4.40. The van der Waals surface area contributed by atoms with E-state index in [0.717, 1.165) is 25.3 Å². The van der Waals surface area contributed by atoms with Gasteiger partial charge in [-0.25, -0.2) is 0 Å². The molecular weight excluding hydrogens is 218 g/mol. The summed E-state index contributed by atoms with van der Waals surface area (Å²) in [6.07, 6.45) is 5.89. The van der Waals surface area contributed by atoms with Crippen LogP contribution in [0.2, 0.25) is 0 Å². The number of carbonyl (C=O) groups is 1. The van der Waals surface area contributed by atoms with Crippen molar-refractivity contribution in [2.45, 2.75) is 32.1 Å². The number of carbonyl (C=O) groups excluding carboxylic acids is 1. The minimum Gasteiger partial charge on any atom is -0.311 e. The molecule has 2 aliphatic carbocycles. The Balaban J connectivity index is 1.70. The Morgan fingerprint density at radius 2 is 2.25 bits per heavy atom. The smallest absolute Gasteiger partial charge is 0.233 e. The van der Waals surface area contributed by atoms with Gasteiger partial charge in [0, 0.05) is 11.4 Å². The standard InChI is InChI=1S/C13H15NOS/c15-12(13-7-9(13)8-13)14-5-2-1-3-11-10(14)4-6-16-11/h4,6,9H,1-3,5,7-8H2. The minimum atomic E-state index is 0.129. The molecule has 2 heterocycles. The first-order chi connectivity index (χ1) is 7.81. The molecule has 0 atom stereocenters. The van der Waals surface area contributed by atoms with Gasteiger partial charge >= 0.3 is 0 Å². The largest absolute Gasteiger partial charge is 0.311 e. The van der Waals surface area contributed by atoms with Crippen LogP contribution in [0.5, 0.6) is 0 Å². The molecular formula is C13H15NOS. The molecule has 2 fully saturated rings. The van der Waals surface area contributed by atoms with E-state index in [4.69, 9.17) is 0 Å². The van der Waals surface area contributed by atoms with E-state index >= 15 is 0 Å². The lowest BCUT2D eigenvalue weighted by molar-refractivity contribution is -0.121. The van der Waals surface area contributed by atoms with Crippen molar-refractivity contribution >= 4 is 22.9 Å². The average Bonchev–Trinajstić information content (AvgIpc) is 3.10. The van der Waals surface area contributed by atoms with Gasteiger partial charge in [-0.1, -0.05) is 0 Å².